The number of rotatable bonds is 7. The summed E-state index contributed by atoms with van der Waals surface area (Å²) in [6.45, 7) is 8.43. The fourth-order valence-corrected chi connectivity index (χ4v) is 7.89. The molecule has 3 aromatic rings. The Balaban J connectivity index is 1.41. The summed E-state index contributed by atoms with van der Waals surface area (Å²) in [6, 6.07) is 12.3. The molecule has 176 valence electrons. The molecule has 0 radical (unpaired) electrons. The third-order valence-corrected chi connectivity index (χ3v) is 9.94. The third-order valence-electron chi connectivity index (χ3n) is 6.12. The van der Waals surface area contributed by atoms with Crippen LogP contribution in [-0.2, 0) is 10.2 Å². The van der Waals surface area contributed by atoms with Crippen molar-refractivity contribution in [2.24, 2.45) is 0 Å². The lowest BCUT2D eigenvalue weighted by molar-refractivity contribution is 0.0361. The van der Waals surface area contributed by atoms with Gasteiger partial charge in [0.05, 0.1) is 12.7 Å². The third kappa shape index (κ3) is 5.91. The van der Waals surface area contributed by atoms with E-state index in [-0.39, 0.29) is 23.1 Å². The van der Waals surface area contributed by atoms with Crippen LogP contribution in [-0.4, -0.2) is 23.6 Å². The molecule has 33 heavy (non-hydrogen) atoms. The van der Waals surface area contributed by atoms with E-state index in [1.165, 1.54) is 9.75 Å². The van der Waals surface area contributed by atoms with Gasteiger partial charge in [0.2, 0.25) is 0 Å². The Bertz CT molecular complexity index is 1020. The molecule has 1 aromatic carbocycles. The minimum atomic E-state index is -0.227. The van der Waals surface area contributed by atoms with Crippen molar-refractivity contribution >= 4 is 40.2 Å². The van der Waals surface area contributed by atoms with Crippen molar-refractivity contribution in [3.63, 3.8) is 0 Å². The highest BCUT2D eigenvalue weighted by atomic mass is 32.2. The van der Waals surface area contributed by atoms with Crippen LogP contribution >= 0.6 is 34.4 Å². The standard InChI is InChI=1S/C27H32O3S3/c1-17-13-18(14-20(26(17)29)27(2,3)4)21(28)9-10-30-19-15-24(22-7-5-11-31-22)33-25(16-19)23-8-6-12-32-23/h5-8,11-14,19,24-25,29H,9-10,15-16H2,1-4H3. The normalized spacial score (nSPS) is 21.3. The van der Waals surface area contributed by atoms with Gasteiger partial charge < -0.3 is 9.84 Å². The molecule has 6 heteroatoms. The zero-order valence-corrected chi connectivity index (χ0v) is 22.1. The quantitative estimate of drug-likeness (QED) is 0.333. The summed E-state index contributed by atoms with van der Waals surface area (Å²) >= 11 is 5.67. The molecule has 0 saturated carbocycles. The second kappa shape index (κ2) is 10.3. The highest BCUT2D eigenvalue weighted by molar-refractivity contribution is 8.00. The summed E-state index contributed by atoms with van der Waals surface area (Å²) in [7, 11) is 0. The van der Waals surface area contributed by atoms with E-state index in [4.69, 9.17) is 4.74 Å². The first-order valence-corrected chi connectivity index (χ1v) is 14.1. The van der Waals surface area contributed by atoms with Gasteiger partial charge in [-0.15, -0.1) is 34.4 Å². The number of thiophene rings is 2. The van der Waals surface area contributed by atoms with Crippen LogP contribution in [0.5, 0.6) is 5.75 Å². The van der Waals surface area contributed by atoms with Gasteiger partial charge in [0.25, 0.3) is 0 Å². The van der Waals surface area contributed by atoms with Gasteiger partial charge in [0, 0.05) is 37.8 Å². The number of hydrogen-bond acceptors (Lipinski definition) is 6. The highest BCUT2D eigenvalue weighted by Gasteiger charge is 2.33. The van der Waals surface area contributed by atoms with Crippen molar-refractivity contribution < 1.29 is 14.6 Å². The van der Waals surface area contributed by atoms with E-state index in [1.807, 2.05) is 68.2 Å². The Morgan fingerprint density at radius 3 is 2.18 bits per heavy atom. The molecule has 1 saturated heterocycles. The minimum absolute atomic E-state index is 0.0680. The average molecular weight is 501 g/mol. The number of aryl methyl sites for hydroxylation is 1. The number of aromatic hydroxyl groups is 1. The molecular formula is C27H32O3S3. The van der Waals surface area contributed by atoms with Crippen molar-refractivity contribution in [1.82, 2.24) is 0 Å². The van der Waals surface area contributed by atoms with Crippen molar-refractivity contribution in [3.8, 4) is 5.75 Å². The molecule has 4 rings (SSSR count). The van der Waals surface area contributed by atoms with Gasteiger partial charge >= 0.3 is 0 Å². The number of hydrogen-bond donors (Lipinski definition) is 1. The summed E-state index contributed by atoms with van der Waals surface area (Å²) in [5, 5.41) is 15.6. The first-order chi connectivity index (χ1) is 15.7. The molecule has 2 atom stereocenters. The first kappa shape index (κ1) is 24.5. The predicted molar refractivity (Wildman–Crippen MR) is 141 cm³/mol. The molecule has 2 unspecified atom stereocenters. The van der Waals surface area contributed by atoms with Crippen LogP contribution in [0, 0.1) is 6.92 Å². The largest absolute Gasteiger partial charge is 0.507 e. The maximum atomic E-state index is 13.0. The van der Waals surface area contributed by atoms with Crippen molar-refractivity contribution in [2.45, 2.75) is 69.0 Å². The average Bonchev–Trinajstić information content (AvgIpc) is 3.49. The van der Waals surface area contributed by atoms with E-state index in [1.54, 1.807) is 6.07 Å². The lowest BCUT2D eigenvalue weighted by Gasteiger charge is -2.34. The minimum Gasteiger partial charge on any atom is -0.507 e. The Morgan fingerprint density at radius 1 is 1.06 bits per heavy atom. The Kier molecular flexibility index (Phi) is 7.69. The zero-order chi connectivity index (χ0) is 23.6. The predicted octanol–water partition coefficient (Wildman–Crippen LogP) is 8.09. The van der Waals surface area contributed by atoms with Gasteiger partial charge in [0.15, 0.2) is 5.78 Å². The van der Waals surface area contributed by atoms with Crippen LogP contribution < -0.4 is 0 Å². The first-order valence-electron chi connectivity index (χ1n) is 11.4. The molecule has 1 aliphatic rings. The number of ether oxygens (including phenoxy) is 1. The molecule has 3 heterocycles. The molecule has 3 nitrogen and oxygen atoms in total. The summed E-state index contributed by atoms with van der Waals surface area (Å²) in [5.41, 5.74) is 1.99. The lowest BCUT2D eigenvalue weighted by atomic mass is 9.83. The fourth-order valence-electron chi connectivity index (χ4n) is 4.31. The van der Waals surface area contributed by atoms with Gasteiger partial charge in [-0.2, -0.15) is 0 Å². The number of carbonyl (C=O) groups excluding carboxylic acids is 1. The van der Waals surface area contributed by atoms with Gasteiger partial charge in [-0.3, -0.25) is 4.79 Å². The van der Waals surface area contributed by atoms with E-state index in [0.717, 1.165) is 24.0 Å². The second-order valence-corrected chi connectivity index (χ2v) is 13.1. The van der Waals surface area contributed by atoms with Crippen molar-refractivity contribution in [1.29, 1.82) is 0 Å². The highest BCUT2D eigenvalue weighted by Crippen LogP contribution is 2.52. The topological polar surface area (TPSA) is 46.5 Å². The monoisotopic (exact) mass is 500 g/mol. The smallest absolute Gasteiger partial charge is 0.165 e. The molecule has 1 aliphatic heterocycles. The number of phenolic OH excluding ortho intramolecular Hbond substituents is 1. The van der Waals surface area contributed by atoms with E-state index in [9.17, 15) is 9.90 Å². The van der Waals surface area contributed by atoms with E-state index < -0.39 is 0 Å². The Hall–Kier alpha value is -1.60. The number of ketones is 1. The van der Waals surface area contributed by atoms with Gasteiger partial charge in [0.1, 0.15) is 5.75 Å². The van der Waals surface area contributed by atoms with Gasteiger partial charge in [-0.1, -0.05) is 32.9 Å². The molecule has 1 N–H and O–H groups in total. The van der Waals surface area contributed by atoms with Crippen molar-refractivity contribution in [3.05, 3.63) is 73.6 Å². The molecule has 0 amide bonds. The fraction of sp³-hybridized carbons (Fsp3) is 0.444. The number of benzene rings is 1. The summed E-state index contributed by atoms with van der Waals surface area (Å²) in [4.78, 5) is 15.8. The van der Waals surface area contributed by atoms with Gasteiger partial charge in [-0.25, -0.2) is 0 Å². The van der Waals surface area contributed by atoms with Crippen LogP contribution in [0.4, 0.5) is 0 Å². The molecule has 0 bridgehead atoms. The van der Waals surface area contributed by atoms with Crippen LogP contribution in [0.3, 0.4) is 0 Å². The molecule has 2 aromatic heterocycles. The SMILES string of the molecule is Cc1cc(C(=O)CCOC2CC(c3cccs3)SC(c3cccs3)C2)cc(C(C)(C)C)c1O. The van der Waals surface area contributed by atoms with Crippen LogP contribution in [0.15, 0.2) is 47.2 Å². The number of thioether (sulfide) groups is 1. The number of carbonyl (C=O) groups is 1. The van der Waals surface area contributed by atoms with E-state index >= 15 is 0 Å². The Labute approximate surface area is 209 Å². The van der Waals surface area contributed by atoms with Crippen molar-refractivity contribution in [2.75, 3.05) is 6.61 Å². The summed E-state index contributed by atoms with van der Waals surface area (Å²) in [6.07, 6.45) is 2.46. The summed E-state index contributed by atoms with van der Waals surface area (Å²) < 4.78 is 6.31. The number of Topliss-reactive ketones (excluding diaryl/α,β-unsaturated/α-hetero) is 1. The van der Waals surface area contributed by atoms with E-state index in [2.05, 4.69) is 35.0 Å². The number of phenols is 1. The maximum absolute atomic E-state index is 13.0. The second-order valence-electron chi connectivity index (χ2n) is 9.72. The van der Waals surface area contributed by atoms with Crippen LogP contribution in [0.25, 0.3) is 0 Å². The maximum Gasteiger partial charge on any atom is 0.165 e. The van der Waals surface area contributed by atoms with Gasteiger partial charge in [-0.05, 0) is 65.8 Å². The lowest BCUT2D eigenvalue weighted by Crippen LogP contribution is -2.24. The van der Waals surface area contributed by atoms with E-state index in [0.29, 0.717) is 29.1 Å². The van der Waals surface area contributed by atoms with Crippen LogP contribution in [0.1, 0.15) is 81.8 Å². The summed E-state index contributed by atoms with van der Waals surface area (Å²) in [5.74, 6) is 0.354. The zero-order valence-electron chi connectivity index (χ0n) is 19.7. The van der Waals surface area contributed by atoms with Crippen LogP contribution in [0.2, 0.25) is 0 Å². The Morgan fingerprint density at radius 2 is 1.67 bits per heavy atom. The molecule has 1 fully saturated rings. The molecule has 0 spiro atoms. The molecule has 0 aliphatic carbocycles. The molecular weight excluding hydrogens is 468 g/mol.